The lowest BCUT2D eigenvalue weighted by Crippen LogP contribution is -2.23. The number of likely N-dealkylation sites (N-methyl/N-ethyl adjacent to an activating group) is 1. The molecule has 5 heteroatoms. The van der Waals surface area contributed by atoms with E-state index in [-0.39, 0.29) is 18.4 Å². The largest absolute Gasteiger partial charge is 0.483 e. The highest BCUT2D eigenvalue weighted by Crippen LogP contribution is 2.24. The Morgan fingerprint density at radius 1 is 1.07 bits per heavy atom. The number of ether oxygens (including phenoxy) is 1. The van der Waals surface area contributed by atoms with Gasteiger partial charge in [0.2, 0.25) is 5.91 Å². The highest BCUT2D eigenvalue weighted by molar-refractivity contribution is 5.92. The highest BCUT2D eigenvalue weighted by Gasteiger charge is 2.09. The Balaban J connectivity index is 1.91. The van der Waals surface area contributed by atoms with Crippen molar-refractivity contribution in [3.8, 4) is 5.75 Å². The van der Waals surface area contributed by atoms with E-state index in [2.05, 4.69) is 25.2 Å². The molecule has 0 aliphatic rings. The maximum absolute atomic E-state index is 12.2. The SMILES string of the molecule is Cc1ccc(C(C)C)cc1OCC(=O)Nc1ccc(CC(=O)N(C)C)cc1. The third kappa shape index (κ3) is 6.13. The van der Waals surface area contributed by atoms with Crippen molar-refractivity contribution in [2.45, 2.75) is 33.1 Å². The van der Waals surface area contributed by atoms with Gasteiger partial charge in [-0.05, 0) is 47.7 Å². The van der Waals surface area contributed by atoms with Crippen LogP contribution >= 0.6 is 0 Å². The van der Waals surface area contributed by atoms with Crippen LogP contribution in [-0.2, 0) is 16.0 Å². The molecule has 0 saturated carbocycles. The third-order valence-electron chi connectivity index (χ3n) is 4.33. The summed E-state index contributed by atoms with van der Waals surface area (Å²) in [4.78, 5) is 25.5. The summed E-state index contributed by atoms with van der Waals surface area (Å²) in [6.07, 6.45) is 0.343. The summed E-state index contributed by atoms with van der Waals surface area (Å²) in [5.74, 6) is 0.953. The summed E-state index contributed by atoms with van der Waals surface area (Å²) in [7, 11) is 3.46. The maximum Gasteiger partial charge on any atom is 0.262 e. The van der Waals surface area contributed by atoms with Crippen LogP contribution in [0.5, 0.6) is 5.75 Å². The zero-order valence-electron chi connectivity index (χ0n) is 16.7. The van der Waals surface area contributed by atoms with Gasteiger partial charge >= 0.3 is 0 Å². The second kappa shape index (κ2) is 9.21. The average molecular weight is 368 g/mol. The Bertz CT molecular complexity index is 796. The monoisotopic (exact) mass is 368 g/mol. The lowest BCUT2D eigenvalue weighted by molar-refractivity contribution is -0.128. The van der Waals surface area contributed by atoms with E-state index in [9.17, 15) is 9.59 Å². The van der Waals surface area contributed by atoms with Gasteiger partial charge in [-0.3, -0.25) is 9.59 Å². The molecule has 0 saturated heterocycles. The number of hydrogen-bond donors (Lipinski definition) is 1. The van der Waals surface area contributed by atoms with Crippen LogP contribution in [0.25, 0.3) is 0 Å². The van der Waals surface area contributed by atoms with Gasteiger partial charge in [-0.1, -0.05) is 38.1 Å². The van der Waals surface area contributed by atoms with Gasteiger partial charge in [0, 0.05) is 19.8 Å². The van der Waals surface area contributed by atoms with Crippen molar-refractivity contribution in [1.29, 1.82) is 0 Å². The number of carbonyl (C=O) groups excluding carboxylic acids is 2. The van der Waals surface area contributed by atoms with Gasteiger partial charge in [0.1, 0.15) is 5.75 Å². The molecule has 0 radical (unpaired) electrons. The van der Waals surface area contributed by atoms with Gasteiger partial charge in [-0.25, -0.2) is 0 Å². The van der Waals surface area contributed by atoms with E-state index in [4.69, 9.17) is 4.74 Å². The second-order valence-corrected chi connectivity index (χ2v) is 7.18. The van der Waals surface area contributed by atoms with E-state index in [1.165, 1.54) is 5.56 Å². The Hall–Kier alpha value is -2.82. The lowest BCUT2D eigenvalue weighted by atomic mass is 10.0. The van der Waals surface area contributed by atoms with Crippen LogP contribution in [0.2, 0.25) is 0 Å². The number of hydrogen-bond acceptors (Lipinski definition) is 3. The normalized spacial score (nSPS) is 10.6. The quantitative estimate of drug-likeness (QED) is 0.809. The summed E-state index contributed by atoms with van der Waals surface area (Å²) in [5, 5.41) is 2.81. The van der Waals surface area contributed by atoms with Crippen molar-refractivity contribution < 1.29 is 14.3 Å². The van der Waals surface area contributed by atoms with Crippen LogP contribution < -0.4 is 10.1 Å². The molecule has 0 heterocycles. The molecule has 144 valence electrons. The van der Waals surface area contributed by atoms with Crippen molar-refractivity contribution >= 4 is 17.5 Å². The Labute approximate surface area is 161 Å². The van der Waals surface area contributed by atoms with Gasteiger partial charge in [-0.15, -0.1) is 0 Å². The van der Waals surface area contributed by atoms with Crippen LogP contribution in [0, 0.1) is 6.92 Å². The van der Waals surface area contributed by atoms with E-state index in [0.29, 0.717) is 18.0 Å². The molecule has 0 aromatic heterocycles. The second-order valence-electron chi connectivity index (χ2n) is 7.18. The van der Waals surface area contributed by atoms with E-state index in [1.807, 2.05) is 31.2 Å². The molecule has 0 aliphatic heterocycles. The number of carbonyl (C=O) groups is 2. The maximum atomic E-state index is 12.2. The van der Waals surface area contributed by atoms with Gasteiger partial charge < -0.3 is 15.0 Å². The number of rotatable bonds is 7. The highest BCUT2D eigenvalue weighted by atomic mass is 16.5. The summed E-state index contributed by atoms with van der Waals surface area (Å²) < 4.78 is 5.70. The van der Waals surface area contributed by atoms with E-state index < -0.39 is 0 Å². The predicted octanol–water partition coefficient (Wildman–Crippen LogP) is 3.77. The van der Waals surface area contributed by atoms with Crippen molar-refractivity contribution in [2.24, 2.45) is 0 Å². The fourth-order valence-corrected chi connectivity index (χ4v) is 2.51. The molecule has 0 atom stereocenters. The molecule has 0 fully saturated rings. The molecule has 0 bridgehead atoms. The average Bonchev–Trinajstić information content (AvgIpc) is 2.62. The zero-order chi connectivity index (χ0) is 20.0. The van der Waals surface area contributed by atoms with Gasteiger partial charge in [0.15, 0.2) is 6.61 Å². The minimum Gasteiger partial charge on any atom is -0.483 e. The molecule has 27 heavy (non-hydrogen) atoms. The van der Waals surface area contributed by atoms with E-state index >= 15 is 0 Å². The molecule has 0 aliphatic carbocycles. The standard InChI is InChI=1S/C22H28N2O3/c1-15(2)18-9-6-16(3)20(13-18)27-14-21(25)23-19-10-7-17(8-11-19)12-22(26)24(4)5/h6-11,13,15H,12,14H2,1-5H3,(H,23,25). The minimum atomic E-state index is -0.221. The molecular weight excluding hydrogens is 340 g/mol. The zero-order valence-corrected chi connectivity index (χ0v) is 16.7. The first-order valence-electron chi connectivity index (χ1n) is 9.08. The summed E-state index contributed by atoms with van der Waals surface area (Å²) in [5.41, 5.74) is 3.77. The lowest BCUT2D eigenvalue weighted by Gasteiger charge is -2.13. The summed E-state index contributed by atoms with van der Waals surface area (Å²) in [6, 6.07) is 13.3. The van der Waals surface area contributed by atoms with E-state index in [0.717, 1.165) is 16.9 Å². The van der Waals surface area contributed by atoms with Crippen LogP contribution in [0.1, 0.15) is 36.5 Å². The number of aryl methyl sites for hydroxylation is 1. The summed E-state index contributed by atoms with van der Waals surface area (Å²) >= 11 is 0. The number of anilines is 1. The number of nitrogens with one attached hydrogen (secondary N) is 1. The Morgan fingerprint density at radius 2 is 1.74 bits per heavy atom. The van der Waals surface area contributed by atoms with Crippen molar-refractivity contribution in [2.75, 3.05) is 26.0 Å². The molecule has 2 rings (SSSR count). The van der Waals surface area contributed by atoms with Crippen molar-refractivity contribution in [3.63, 3.8) is 0 Å². The first-order valence-corrected chi connectivity index (χ1v) is 9.08. The van der Waals surface area contributed by atoms with Crippen molar-refractivity contribution in [1.82, 2.24) is 4.90 Å². The first kappa shape index (κ1) is 20.5. The fourth-order valence-electron chi connectivity index (χ4n) is 2.51. The molecule has 1 N–H and O–H groups in total. The van der Waals surface area contributed by atoms with Gasteiger partial charge in [0.05, 0.1) is 6.42 Å². The molecule has 0 unspecified atom stereocenters. The molecule has 2 aromatic rings. The fraction of sp³-hybridized carbons (Fsp3) is 0.364. The van der Waals surface area contributed by atoms with Crippen LogP contribution in [0.4, 0.5) is 5.69 Å². The number of nitrogens with zero attached hydrogens (tertiary/aromatic N) is 1. The Kier molecular flexibility index (Phi) is 6.99. The molecular formula is C22H28N2O3. The van der Waals surface area contributed by atoms with Crippen LogP contribution in [0.3, 0.4) is 0 Å². The molecule has 2 amide bonds. The van der Waals surface area contributed by atoms with Crippen LogP contribution in [-0.4, -0.2) is 37.4 Å². The summed E-state index contributed by atoms with van der Waals surface area (Å²) in [6.45, 7) is 6.15. The number of amides is 2. The predicted molar refractivity (Wildman–Crippen MR) is 108 cm³/mol. The van der Waals surface area contributed by atoms with Gasteiger partial charge in [0.25, 0.3) is 5.91 Å². The Morgan fingerprint density at radius 3 is 2.33 bits per heavy atom. The van der Waals surface area contributed by atoms with Crippen LogP contribution in [0.15, 0.2) is 42.5 Å². The first-order chi connectivity index (χ1) is 12.8. The van der Waals surface area contributed by atoms with Gasteiger partial charge in [-0.2, -0.15) is 0 Å². The topological polar surface area (TPSA) is 58.6 Å². The van der Waals surface area contributed by atoms with E-state index in [1.54, 1.807) is 31.1 Å². The number of benzene rings is 2. The van der Waals surface area contributed by atoms with Crippen molar-refractivity contribution in [3.05, 3.63) is 59.2 Å². The molecule has 2 aromatic carbocycles. The third-order valence-corrected chi connectivity index (χ3v) is 4.33. The molecule has 0 spiro atoms. The minimum absolute atomic E-state index is 0.0409. The molecule has 5 nitrogen and oxygen atoms in total. The smallest absolute Gasteiger partial charge is 0.262 e.